The summed E-state index contributed by atoms with van der Waals surface area (Å²) in [5.41, 5.74) is 3.46. The van der Waals surface area contributed by atoms with Crippen molar-refractivity contribution in [2.75, 3.05) is 12.0 Å². The highest BCUT2D eigenvalue weighted by Crippen LogP contribution is 2.30. The number of methoxy groups -OCH3 is 1. The van der Waals surface area contributed by atoms with E-state index in [0.717, 1.165) is 16.9 Å². The summed E-state index contributed by atoms with van der Waals surface area (Å²) in [6.07, 6.45) is 0. The fraction of sp³-hybridized carbons (Fsp3) is 0.0476. The number of fused-ring (bicyclic) bond motifs is 1. The van der Waals surface area contributed by atoms with Crippen LogP contribution in [0.15, 0.2) is 72.8 Å². The standard InChI is InChI=1S/C21H15NO3/c1-25-17-6-4-5-15(13-17)14-9-11-16(12-10-14)22-20(23)18-7-2-3-8-19(18)21(22)24/h2-13H,1H3. The molecular weight excluding hydrogens is 314 g/mol. The molecule has 0 aliphatic carbocycles. The predicted octanol–water partition coefficient (Wildman–Crippen LogP) is 4.16. The van der Waals surface area contributed by atoms with Gasteiger partial charge in [0.2, 0.25) is 0 Å². The number of carbonyl (C=O) groups is 2. The third-order valence-corrected chi connectivity index (χ3v) is 4.32. The van der Waals surface area contributed by atoms with Crippen LogP contribution < -0.4 is 9.64 Å². The van der Waals surface area contributed by atoms with Gasteiger partial charge in [-0.15, -0.1) is 0 Å². The number of ether oxygens (including phenoxy) is 1. The van der Waals surface area contributed by atoms with Crippen LogP contribution in [-0.2, 0) is 0 Å². The SMILES string of the molecule is COc1cccc(-c2ccc(N3C(=O)c4ccccc4C3=O)cc2)c1. The van der Waals surface area contributed by atoms with Crippen LogP contribution >= 0.6 is 0 Å². The van der Waals surface area contributed by atoms with Crippen LogP contribution in [0.25, 0.3) is 11.1 Å². The first-order valence-electron chi connectivity index (χ1n) is 7.91. The second kappa shape index (κ2) is 5.91. The molecule has 4 heteroatoms. The van der Waals surface area contributed by atoms with E-state index in [9.17, 15) is 9.59 Å². The Kier molecular flexibility index (Phi) is 3.58. The van der Waals surface area contributed by atoms with E-state index in [1.807, 2.05) is 36.4 Å². The molecule has 0 radical (unpaired) electrons. The van der Waals surface area contributed by atoms with E-state index in [-0.39, 0.29) is 11.8 Å². The molecule has 4 rings (SSSR count). The number of hydrogen-bond acceptors (Lipinski definition) is 3. The number of amides is 2. The maximum absolute atomic E-state index is 12.5. The van der Waals surface area contributed by atoms with Crippen LogP contribution in [0.3, 0.4) is 0 Å². The van der Waals surface area contributed by atoms with E-state index in [1.54, 1.807) is 43.5 Å². The highest BCUT2D eigenvalue weighted by atomic mass is 16.5. The number of carbonyl (C=O) groups excluding carboxylic acids is 2. The number of hydrogen-bond donors (Lipinski definition) is 0. The fourth-order valence-corrected chi connectivity index (χ4v) is 3.03. The Morgan fingerprint density at radius 1 is 0.720 bits per heavy atom. The summed E-state index contributed by atoms with van der Waals surface area (Å²) in [5, 5.41) is 0. The highest BCUT2D eigenvalue weighted by molar-refractivity contribution is 6.34. The Bertz CT molecular complexity index is 941. The quantitative estimate of drug-likeness (QED) is 0.678. The van der Waals surface area contributed by atoms with Crippen molar-refractivity contribution < 1.29 is 14.3 Å². The van der Waals surface area contributed by atoms with Crippen LogP contribution in [0.5, 0.6) is 5.75 Å². The van der Waals surface area contributed by atoms with Crippen LogP contribution in [0.1, 0.15) is 20.7 Å². The second-order valence-corrected chi connectivity index (χ2v) is 5.77. The molecule has 0 saturated heterocycles. The Morgan fingerprint density at radius 2 is 1.36 bits per heavy atom. The van der Waals surface area contributed by atoms with E-state index in [0.29, 0.717) is 16.8 Å². The molecule has 0 unspecified atom stereocenters. The lowest BCUT2D eigenvalue weighted by Crippen LogP contribution is -2.29. The third kappa shape index (κ3) is 2.48. The lowest BCUT2D eigenvalue weighted by atomic mass is 10.0. The van der Waals surface area contributed by atoms with Crippen LogP contribution in [-0.4, -0.2) is 18.9 Å². The van der Waals surface area contributed by atoms with Gasteiger partial charge >= 0.3 is 0 Å². The van der Waals surface area contributed by atoms with Crippen LogP contribution in [0.4, 0.5) is 5.69 Å². The predicted molar refractivity (Wildman–Crippen MR) is 96.0 cm³/mol. The van der Waals surface area contributed by atoms with Gasteiger partial charge in [0.25, 0.3) is 11.8 Å². The number of benzene rings is 3. The van der Waals surface area contributed by atoms with Gasteiger partial charge in [-0.05, 0) is 47.5 Å². The molecule has 1 aliphatic heterocycles. The molecule has 3 aromatic rings. The zero-order chi connectivity index (χ0) is 17.4. The van der Waals surface area contributed by atoms with Gasteiger partial charge < -0.3 is 4.74 Å². The highest BCUT2D eigenvalue weighted by Gasteiger charge is 2.36. The first-order chi connectivity index (χ1) is 12.2. The van der Waals surface area contributed by atoms with Crippen molar-refractivity contribution >= 4 is 17.5 Å². The second-order valence-electron chi connectivity index (χ2n) is 5.77. The molecule has 0 saturated carbocycles. The molecule has 4 nitrogen and oxygen atoms in total. The van der Waals surface area contributed by atoms with Gasteiger partial charge in [-0.3, -0.25) is 9.59 Å². The van der Waals surface area contributed by atoms with Gasteiger partial charge in [0.05, 0.1) is 23.9 Å². The molecule has 1 aliphatic rings. The molecule has 0 N–H and O–H groups in total. The zero-order valence-corrected chi connectivity index (χ0v) is 13.6. The topological polar surface area (TPSA) is 46.6 Å². The molecule has 25 heavy (non-hydrogen) atoms. The molecule has 0 bridgehead atoms. The average Bonchev–Trinajstić information content (AvgIpc) is 2.93. The molecular formula is C21H15NO3. The van der Waals surface area contributed by atoms with Crippen molar-refractivity contribution in [3.05, 3.63) is 83.9 Å². The van der Waals surface area contributed by atoms with Crippen molar-refractivity contribution in [2.45, 2.75) is 0 Å². The van der Waals surface area contributed by atoms with E-state index < -0.39 is 0 Å². The van der Waals surface area contributed by atoms with Gasteiger partial charge in [-0.1, -0.05) is 36.4 Å². The lowest BCUT2D eigenvalue weighted by molar-refractivity contribution is 0.0926. The smallest absolute Gasteiger partial charge is 0.266 e. The van der Waals surface area contributed by atoms with E-state index in [4.69, 9.17) is 4.74 Å². The Morgan fingerprint density at radius 3 is 1.96 bits per heavy atom. The summed E-state index contributed by atoms with van der Waals surface area (Å²) in [6, 6.07) is 22.0. The van der Waals surface area contributed by atoms with Gasteiger partial charge in [0, 0.05) is 0 Å². The van der Waals surface area contributed by atoms with Crippen molar-refractivity contribution in [3.8, 4) is 16.9 Å². The minimum Gasteiger partial charge on any atom is -0.497 e. The summed E-state index contributed by atoms with van der Waals surface area (Å²) < 4.78 is 5.25. The van der Waals surface area contributed by atoms with Gasteiger partial charge in [0.1, 0.15) is 5.75 Å². The largest absolute Gasteiger partial charge is 0.497 e. The summed E-state index contributed by atoms with van der Waals surface area (Å²) in [4.78, 5) is 26.3. The Balaban J connectivity index is 1.67. The van der Waals surface area contributed by atoms with E-state index >= 15 is 0 Å². The zero-order valence-electron chi connectivity index (χ0n) is 13.6. The number of rotatable bonds is 3. The molecule has 0 aromatic heterocycles. The average molecular weight is 329 g/mol. The molecule has 1 heterocycles. The summed E-state index contributed by atoms with van der Waals surface area (Å²) in [6.45, 7) is 0. The molecule has 0 fully saturated rings. The van der Waals surface area contributed by atoms with Crippen molar-refractivity contribution in [1.29, 1.82) is 0 Å². The van der Waals surface area contributed by atoms with E-state index in [1.165, 1.54) is 4.90 Å². The van der Waals surface area contributed by atoms with E-state index in [2.05, 4.69) is 0 Å². The molecule has 0 atom stereocenters. The normalized spacial score (nSPS) is 13.1. The van der Waals surface area contributed by atoms with Crippen molar-refractivity contribution in [2.24, 2.45) is 0 Å². The molecule has 2 amide bonds. The minimum absolute atomic E-state index is 0.283. The van der Waals surface area contributed by atoms with Gasteiger partial charge in [-0.2, -0.15) is 0 Å². The van der Waals surface area contributed by atoms with Crippen molar-refractivity contribution in [1.82, 2.24) is 0 Å². The lowest BCUT2D eigenvalue weighted by Gasteiger charge is -2.14. The minimum atomic E-state index is -0.283. The maximum atomic E-state index is 12.5. The maximum Gasteiger partial charge on any atom is 0.266 e. The van der Waals surface area contributed by atoms with Crippen molar-refractivity contribution in [3.63, 3.8) is 0 Å². The fourth-order valence-electron chi connectivity index (χ4n) is 3.03. The summed E-state index contributed by atoms with van der Waals surface area (Å²) >= 11 is 0. The number of imide groups is 1. The van der Waals surface area contributed by atoms with Crippen LogP contribution in [0.2, 0.25) is 0 Å². The Hall–Kier alpha value is -3.40. The molecule has 122 valence electrons. The number of anilines is 1. The summed E-state index contributed by atoms with van der Waals surface area (Å²) in [5.74, 6) is 0.214. The first-order valence-corrected chi connectivity index (χ1v) is 7.91. The van der Waals surface area contributed by atoms with Crippen LogP contribution in [0, 0.1) is 0 Å². The summed E-state index contributed by atoms with van der Waals surface area (Å²) in [7, 11) is 1.63. The molecule has 0 spiro atoms. The number of nitrogens with zero attached hydrogens (tertiary/aromatic N) is 1. The van der Waals surface area contributed by atoms with Gasteiger partial charge in [-0.25, -0.2) is 4.90 Å². The molecule has 3 aromatic carbocycles. The third-order valence-electron chi connectivity index (χ3n) is 4.32. The van der Waals surface area contributed by atoms with Gasteiger partial charge in [0.15, 0.2) is 0 Å². The monoisotopic (exact) mass is 329 g/mol. The first kappa shape index (κ1) is 15.1. The Labute approximate surface area is 145 Å².